The van der Waals surface area contributed by atoms with Crippen LogP contribution >= 0.6 is 0 Å². The van der Waals surface area contributed by atoms with E-state index in [4.69, 9.17) is 18.9 Å². The van der Waals surface area contributed by atoms with Gasteiger partial charge in [-0.1, -0.05) is 18.2 Å². The normalized spacial score (nSPS) is 11.1. The third kappa shape index (κ3) is 8.20. The molecule has 0 aliphatic carbocycles. The first kappa shape index (κ1) is 23.3. The maximum atomic E-state index is 12.3. The summed E-state index contributed by atoms with van der Waals surface area (Å²) in [7, 11) is 1.50. The van der Waals surface area contributed by atoms with Crippen LogP contribution in [0.2, 0.25) is 0 Å². The van der Waals surface area contributed by atoms with Gasteiger partial charge in [-0.15, -0.1) is 13.2 Å². The van der Waals surface area contributed by atoms with Gasteiger partial charge in [0.25, 0.3) is 0 Å². The highest BCUT2D eigenvalue weighted by Crippen LogP contribution is 2.28. The van der Waals surface area contributed by atoms with Crippen molar-refractivity contribution >= 4 is 5.97 Å². The molecule has 0 aliphatic rings. The highest BCUT2D eigenvalue weighted by atomic mass is 19.4. The smallest absolute Gasteiger partial charge is 0.488 e. The van der Waals surface area contributed by atoms with Crippen LogP contribution in [-0.2, 0) is 27.3 Å². The zero-order valence-electron chi connectivity index (χ0n) is 16.7. The van der Waals surface area contributed by atoms with Crippen molar-refractivity contribution in [1.29, 1.82) is 0 Å². The lowest BCUT2D eigenvalue weighted by Gasteiger charge is -2.14. The van der Waals surface area contributed by atoms with Crippen LogP contribution in [0, 0.1) is 0 Å². The minimum atomic E-state index is -4.74. The number of halogens is 3. The summed E-state index contributed by atoms with van der Waals surface area (Å²) < 4.78 is 61.7. The zero-order chi connectivity index (χ0) is 22.0. The summed E-state index contributed by atoms with van der Waals surface area (Å²) in [6.45, 7) is 2.20. The van der Waals surface area contributed by atoms with Crippen molar-refractivity contribution in [3.05, 3.63) is 53.6 Å². The van der Waals surface area contributed by atoms with Crippen molar-refractivity contribution in [2.24, 2.45) is 0 Å². The topological polar surface area (TPSA) is 63.2 Å². The lowest BCUT2D eigenvalue weighted by molar-refractivity contribution is -0.274. The fourth-order valence-corrected chi connectivity index (χ4v) is 2.51. The third-order valence-electron chi connectivity index (χ3n) is 3.84. The van der Waals surface area contributed by atoms with Gasteiger partial charge in [0.05, 0.1) is 6.61 Å². The number of hydrogen-bond donors (Lipinski definition) is 0. The molecular weight excluding hydrogens is 405 g/mol. The molecule has 0 atom stereocenters. The van der Waals surface area contributed by atoms with E-state index in [2.05, 4.69) is 4.74 Å². The molecule has 0 fully saturated rings. The number of rotatable bonds is 11. The van der Waals surface area contributed by atoms with Crippen LogP contribution in [0.15, 0.2) is 42.5 Å². The number of hydrogen-bond acceptors (Lipinski definition) is 6. The molecule has 2 aromatic rings. The highest BCUT2D eigenvalue weighted by Gasteiger charge is 2.30. The van der Waals surface area contributed by atoms with E-state index in [1.807, 2.05) is 0 Å². The first-order valence-corrected chi connectivity index (χ1v) is 9.18. The SMILES string of the molecule is CCOC(=O)CCc1ccc(OCOC)cc1OCc1ccc(OC(F)(F)F)cc1. The Morgan fingerprint density at radius 2 is 1.70 bits per heavy atom. The minimum absolute atomic E-state index is 0.0578. The second-order valence-electron chi connectivity index (χ2n) is 6.11. The summed E-state index contributed by atoms with van der Waals surface area (Å²) in [4.78, 5) is 11.7. The Balaban J connectivity index is 2.07. The van der Waals surface area contributed by atoms with E-state index < -0.39 is 6.36 Å². The van der Waals surface area contributed by atoms with E-state index in [-0.39, 0.29) is 31.5 Å². The summed E-state index contributed by atoms with van der Waals surface area (Å²) >= 11 is 0. The van der Waals surface area contributed by atoms with Crippen LogP contribution in [0.25, 0.3) is 0 Å². The second-order valence-corrected chi connectivity index (χ2v) is 6.11. The molecule has 0 aliphatic heterocycles. The molecule has 2 aromatic carbocycles. The first-order valence-electron chi connectivity index (χ1n) is 9.18. The molecule has 2 rings (SSSR count). The molecular formula is C21H23F3O6. The summed E-state index contributed by atoms with van der Waals surface area (Å²) in [6, 6.07) is 10.6. The van der Waals surface area contributed by atoms with Gasteiger partial charge in [-0.05, 0) is 42.7 Å². The number of esters is 1. The maximum absolute atomic E-state index is 12.3. The molecule has 30 heavy (non-hydrogen) atoms. The van der Waals surface area contributed by atoms with Crippen molar-refractivity contribution in [2.45, 2.75) is 32.7 Å². The van der Waals surface area contributed by atoms with E-state index in [1.54, 1.807) is 25.1 Å². The van der Waals surface area contributed by atoms with Gasteiger partial charge >= 0.3 is 12.3 Å². The van der Waals surface area contributed by atoms with Crippen LogP contribution in [0.5, 0.6) is 17.2 Å². The van der Waals surface area contributed by atoms with Gasteiger partial charge in [0.1, 0.15) is 23.9 Å². The van der Waals surface area contributed by atoms with Crippen LogP contribution < -0.4 is 14.2 Å². The van der Waals surface area contributed by atoms with Gasteiger partial charge in [-0.3, -0.25) is 4.79 Å². The molecule has 0 unspecified atom stereocenters. The van der Waals surface area contributed by atoms with Gasteiger partial charge < -0.3 is 23.7 Å². The first-order chi connectivity index (χ1) is 14.3. The third-order valence-corrected chi connectivity index (χ3v) is 3.84. The Hall–Kier alpha value is -2.94. The van der Waals surface area contributed by atoms with Gasteiger partial charge in [0, 0.05) is 19.6 Å². The Morgan fingerprint density at radius 1 is 1.00 bits per heavy atom. The molecule has 0 N–H and O–H groups in total. The molecule has 0 amide bonds. The van der Waals surface area contributed by atoms with Crippen molar-refractivity contribution in [3.8, 4) is 17.2 Å². The Labute approximate surface area is 172 Å². The predicted molar refractivity (Wildman–Crippen MR) is 101 cm³/mol. The van der Waals surface area contributed by atoms with E-state index in [1.165, 1.54) is 31.4 Å². The number of aryl methyl sites for hydroxylation is 1. The van der Waals surface area contributed by atoms with E-state index in [9.17, 15) is 18.0 Å². The van der Waals surface area contributed by atoms with Crippen LogP contribution in [-0.4, -0.2) is 32.8 Å². The lowest BCUT2D eigenvalue weighted by atomic mass is 10.1. The minimum Gasteiger partial charge on any atom is -0.488 e. The number of alkyl halides is 3. The largest absolute Gasteiger partial charge is 0.573 e. The van der Waals surface area contributed by atoms with Crippen molar-refractivity contribution in [1.82, 2.24) is 0 Å². The van der Waals surface area contributed by atoms with Gasteiger partial charge in [-0.2, -0.15) is 0 Å². The fraction of sp³-hybridized carbons (Fsp3) is 0.381. The number of ether oxygens (including phenoxy) is 5. The molecule has 0 saturated carbocycles. The zero-order valence-corrected chi connectivity index (χ0v) is 16.7. The fourth-order valence-electron chi connectivity index (χ4n) is 2.51. The van der Waals surface area contributed by atoms with Crippen molar-refractivity contribution in [3.63, 3.8) is 0 Å². The van der Waals surface area contributed by atoms with E-state index >= 15 is 0 Å². The summed E-state index contributed by atoms with van der Waals surface area (Å²) in [5.74, 6) is 0.379. The molecule has 0 heterocycles. The average molecular weight is 428 g/mol. The molecule has 0 spiro atoms. The molecule has 0 saturated heterocycles. The summed E-state index contributed by atoms with van der Waals surface area (Å²) in [5, 5.41) is 0. The van der Waals surface area contributed by atoms with Crippen LogP contribution in [0.1, 0.15) is 24.5 Å². The molecule has 6 nitrogen and oxygen atoms in total. The van der Waals surface area contributed by atoms with Gasteiger partial charge in [-0.25, -0.2) is 0 Å². The number of carbonyl (C=O) groups excluding carboxylic acids is 1. The molecule has 0 bridgehead atoms. The second kappa shape index (κ2) is 11.3. The lowest BCUT2D eigenvalue weighted by Crippen LogP contribution is -2.17. The Morgan fingerprint density at radius 3 is 2.33 bits per heavy atom. The summed E-state index contributed by atoms with van der Waals surface area (Å²) in [6.07, 6.45) is -4.16. The number of carbonyl (C=O) groups is 1. The quantitative estimate of drug-likeness (QED) is 0.384. The standard InChI is InChI=1S/C21H23F3O6/c1-3-27-20(25)11-7-16-6-10-18(29-14-26-2)12-19(16)28-13-15-4-8-17(9-5-15)30-21(22,23)24/h4-6,8-10,12H,3,7,11,13-14H2,1-2H3. The maximum Gasteiger partial charge on any atom is 0.573 e. The molecule has 9 heteroatoms. The molecule has 164 valence electrons. The predicted octanol–water partition coefficient (Wildman–Crippen LogP) is 4.64. The van der Waals surface area contributed by atoms with Gasteiger partial charge in [0.2, 0.25) is 0 Å². The van der Waals surface area contributed by atoms with Gasteiger partial charge in [0.15, 0.2) is 6.79 Å². The van der Waals surface area contributed by atoms with E-state index in [0.29, 0.717) is 30.1 Å². The molecule has 0 aromatic heterocycles. The van der Waals surface area contributed by atoms with Crippen LogP contribution in [0.4, 0.5) is 13.2 Å². The van der Waals surface area contributed by atoms with Crippen LogP contribution in [0.3, 0.4) is 0 Å². The summed E-state index contributed by atoms with van der Waals surface area (Å²) in [5.41, 5.74) is 1.41. The Kier molecular flexibility index (Phi) is 8.79. The molecule has 0 radical (unpaired) electrons. The monoisotopic (exact) mass is 428 g/mol. The number of methoxy groups -OCH3 is 1. The Bertz CT molecular complexity index is 805. The highest BCUT2D eigenvalue weighted by molar-refractivity contribution is 5.69. The van der Waals surface area contributed by atoms with Crippen molar-refractivity contribution < 1.29 is 41.7 Å². The van der Waals surface area contributed by atoms with E-state index in [0.717, 1.165) is 5.56 Å². The van der Waals surface area contributed by atoms with Crippen molar-refractivity contribution in [2.75, 3.05) is 20.5 Å². The number of benzene rings is 2. The average Bonchev–Trinajstić information content (AvgIpc) is 2.70.